The molecule has 0 saturated carbocycles. The Kier molecular flexibility index (Phi) is 6.19. The van der Waals surface area contributed by atoms with Crippen molar-refractivity contribution in [3.63, 3.8) is 0 Å². The SMILES string of the molecule is CCCn1cccc1CNCCOC(C)C. The molecule has 0 unspecified atom stereocenters. The maximum Gasteiger partial charge on any atom is 0.0594 e. The van der Waals surface area contributed by atoms with Crippen LogP contribution in [-0.2, 0) is 17.8 Å². The molecule has 0 saturated heterocycles. The monoisotopic (exact) mass is 224 g/mol. The molecule has 1 heterocycles. The molecule has 0 bridgehead atoms. The van der Waals surface area contributed by atoms with Gasteiger partial charge >= 0.3 is 0 Å². The molecule has 3 nitrogen and oxygen atoms in total. The number of hydrogen-bond donors (Lipinski definition) is 1. The number of nitrogens with zero attached hydrogens (tertiary/aromatic N) is 1. The molecule has 3 heteroatoms. The maximum atomic E-state index is 5.47. The zero-order valence-electron chi connectivity index (χ0n) is 10.7. The van der Waals surface area contributed by atoms with Gasteiger partial charge in [0, 0.05) is 31.5 Å². The Hall–Kier alpha value is -0.800. The van der Waals surface area contributed by atoms with Crippen molar-refractivity contribution in [2.24, 2.45) is 0 Å². The van der Waals surface area contributed by atoms with Crippen LogP contribution in [0.1, 0.15) is 32.9 Å². The largest absolute Gasteiger partial charge is 0.377 e. The van der Waals surface area contributed by atoms with Crippen molar-refractivity contribution < 1.29 is 4.74 Å². The molecule has 0 aromatic carbocycles. The number of nitrogens with one attached hydrogen (secondary N) is 1. The third-order valence-corrected chi connectivity index (χ3v) is 2.42. The van der Waals surface area contributed by atoms with E-state index < -0.39 is 0 Å². The van der Waals surface area contributed by atoms with E-state index in [0.29, 0.717) is 6.10 Å². The van der Waals surface area contributed by atoms with Crippen LogP contribution in [0.5, 0.6) is 0 Å². The molecule has 1 aromatic rings. The lowest BCUT2D eigenvalue weighted by Crippen LogP contribution is -2.22. The predicted octanol–water partition coefficient (Wildman–Crippen LogP) is 2.41. The highest BCUT2D eigenvalue weighted by Gasteiger charge is 1.99. The number of aryl methyl sites for hydroxylation is 1. The molecule has 16 heavy (non-hydrogen) atoms. The molecule has 0 radical (unpaired) electrons. The molecule has 1 rings (SSSR count). The van der Waals surface area contributed by atoms with Crippen LogP contribution in [0.4, 0.5) is 0 Å². The van der Waals surface area contributed by atoms with Crippen molar-refractivity contribution in [2.75, 3.05) is 13.2 Å². The van der Waals surface area contributed by atoms with Crippen LogP contribution in [0.25, 0.3) is 0 Å². The first-order chi connectivity index (χ1) is 7.74. The zero-order chi connectivity index (χ0) is 11.8. The molecule has 0 aliphatic heterocycles. The number of rotatable bonds is 8. The summed E-state index contributed by atoms with van der Waals surface area (Å²) >= 11 is 0. The molecular weight excluding hydrogens is 200 g/mol. The van der Waals surface area contributed by atoms with Crippen LogP contribution in [0.3, 0.4) is 0 Å². The first-order valence-corrected chi connectivity index (χ1v) is 6.20. The normalized spacial score (nSPS) is 11.2. The van der Waals surface area contributed by atoms with Gasteiger partial charge in [0.2, 0.25) is 0 Å². The van der Waals surface area contributed by atoms with Crippen LogP contribution in [0, 0.1) is 0 Å². The number of hydrogen-bond acceptors (Lipinski definition) is 2. The third-order valence-electron chi connectivity index (χ3n) is 2.42. The lowest BCUT2D eigenvalue weighted by molar-refractivity contribution is 0.0806. The van der Waals surface area contributed by atoms with Gasteiger partial charge in [0.05, 0.1) is 12.7 Å². The topological polar surface area (TPSA) is 26.2 Å². The molecule has 0 amide bonds. The van der Waals surface area contributed by atoms with Crippen molar-refractivity contribution in [2.45, 2.75) is 46.4 Å². The van der Waals surface area contributed by atoms with Crippen LogP contribution < -0.4 is 5.32 Å². The Labute approximate surface area is 98.8 Å². The minimum Gasteiger partial charge on any atom is -0.377 e. The van der Waals surface area contributed by atoms with Gasteiger partial charge in [-0.2, -0.15) is 0 Å². The van der Waals surface area contributed by atoms with Crippen molar-refractivity contribution in [3.8, 4) is 0 Å². The minimum atomic E-state index is 0.325. The van der Waals surface area contributed by atoms with Gasteiger partial charge in [0.15, 0.2) is 0 Å². The highest BCUT2D eigenvalue weighted by Crippen LogP contribution is 2.02. The first-order valence-electron chi connectivity index (χ1n) is 6.20. The van der Waals surface area contributed by atoms with E-state index in [0.717, 1.165) is 26.2 Å². The quantitative estimate of drug-likeness (QED) is 0.686. The van der Waals surface area contributed by atoms with Gasteiger partial charge in [0.25, 0.3) is 0 Å². The van der Waals surface area contributed by atoms with Gasteiger partial charge in [-0.05, 0) is 32.4 Å². The molecular formula is C13H24N2O. The molecule has 92 valence electrons. The summed E-state index contributed by atoms with van der Waals surface area (Å²) in [5.41, 5.74) is 1.35. The van der Waals surface area contributed by atoms with E-state index >= 15 is 0 Å². The molecule has 0 aliphatic rings. The summed E-state index contributed by atoms with van der Waals surface area (Å²) in [6, 6.07) is 4.28. The molecule has 1 aromatic heterocycles. The van der Waals surface area contributed by atoms with E-state index in [4.69, 9.17) is 4.74 Å². The average molecular weight is 224 g/mol. The van der Waals surface area contributed by atoms with Crippen molar-refractivity contribution in [1.29, 1.82) is 0 Å². The Morgan fingerprint density at radius 2 is 2.25 bits per heavy atom. The summed E-state index contributed by atoms with van der Waals surface area (Å²) < 4.78 is 7.77. The lowest BCUT2D eigenvalue weighted by Gasteiger charge is -2.10. The Bertz CT molecular complexity index is 281. The standard InChI is InChI=1S/C13H24N2O/c1-4-8-15-9-5-6-13(15)11-14-7-10-16-12(2)3/h5-6,9,12,14H,4,7-8,10-11H2,1-3H3. The summed E-state index contributed by atoms with van der Waals surface area (Å²) in [5.74, 6) is 0. The molecule has 0 fully saturated rings. The lowest BCUT2D eigenvalue weighted by atomic mass is 10.4. The predicted molar refractivity (Wildman–Crippen MR) is 67.5 cm³/mol. The third kappa shape index (κ3) is 4.81. The second kappa shape index (κ2) is 7.47. The summed E-state index contributed by atoms with van der Waals surface area (Å²) in [6.45, 7) is 10.1. The van der Waals surface area contributed by atoms with Gasteiger partial charge in [-0.3, -0.25) is 0 Å². The summed E-state index contributed by atoms with van der Waals surface area (Å²) in [6.07, 6.45) is 3.65. The van der Waals surface area contributed by atoms with Gasteiger partial charge < -0.3 is 14.6 Å². The zero-order valence-corrected chi connectivity index (χ0v) is 10.7. The fourth-order valence-corrected chi connectivity index (χ4v) is 1.65. The van der Waals surface area contributed by atoms with Crippen LogP contribution in [0.2, 0.25) is 0 Å². The Morgan fingerprint density at radius 3 is 2.94 bits per heavy atom. The highest BCUT2D eigenvalue weighted by atomic mass is 16.5. The second-order valence-corrected chi connectivity index (χ2v) is 4.29. The van der Waals surface area contributed by atoms with E-state index in [9.17, 15) is 0 Å². The van der Waals surface area contributed by atoms with Gasteiger partial charge in [0.1, 0.15) is 0 Å². The van der Waals surface area contributed by atoms with E-state index in [1.807, 2.05) is 0 Å². The number of ether oxygens (including phenoxy) is 1. The molecule has 1 N–H and O–H groups in total. The fraction of sp³-hybridized carbons (Fsp3) is 0.692. The summed E-state index contributed by atoms with van der Waals surface area (Å²) in [7, 11) is 0. The Balaban J connectivity index is 2.18. The fourth-order valence-electron chi connectivity index (χ4n) is 1.65. The second-order valence-electron chi connectivity index (χ2n) is 4.29. The highest BCUT2D eigenvalue weighted by molar-refractivity contribution is 5.06. The smallest absolute Gasteiger partial charge is 0.0594 e. The summed E-state index contributed by atoms with van der Waals surface area (Å²) in [4.78, 5) is 0. The molecule has 0 aliphatic carbocycles. The minimum absolute atomic E-state index is 0.325. The van der Waals surface area contributed by atoms with E-state index in [1.165, 1.54) is 12.1 Å². The van der Waals surface area contributed by atoms with Crippen molar-refractivity contribution in [1.82, 2.24) is 9.88 Å². The first kappa shape index (κ1) is 13.3. The van der Waals surface area contributed by atoms with E-state index in [1.54, 1.807) is 0 Å². The van der Waals surface area contributed by atoms with E-state index in [2.05, 4.69) is 49.0 Å². The molecule has 0 spiro atoms. The number of aromatic nitrogens is 1. The van der Waals surface area contributed by atoms with Crippen LogP contribution in [-0.4, -0.2) is 23.8 Å². The summed E-state index contributed by atoms with van der Waals surface area (Å²) in [5, 5.41) is 3.40. The van der Waals surface area contributed by atoms with E-state index in [-0.39, 0.29) is 0 Å². The van der Waals surface area contributed by atoms with Crippen molar-refractivity contribution >= 4 is 0 Å². The van der Waals surface area contributed by atoms with Crippen LogP contribution >= 0.6 is 0 Å². The van der Waals surface area contributed by atoms with Crippen LogP contribution in [0.15, 0.2) is 18.3 Å². The van der Waals surface area contributed by atoms with Gasteiger partial charge in [-0.25, -0.2) is 0 Å². The molecule has 0 atom stereocenters. The van der Waals surface area contributed by atoms with Gasteiger partial charge in [-0.15, -0.1) is 0 Å². The maximum absolute atomic E-state index is 5.47. The van der Waals surface area contributed by atoms with Gasteiger partial charge in [-0.1, -0.05) is 6.92 Å². The van der Waals surface area contributed by atoms with Crippen molar-refractivity contribution in [3.05, 3.63) is 24.0 Å². The average Bonchev–Trinajstić information content (AvgIpc) is 2.65. The Morgan fingerprint density at radius 1 is 1.44 bits per heavy atom.